The number of benzene rings is 1. The first-order chi connectivity index (χ1) is 9.76. The molecule has 5 heteroatoms. The molecule has 0 aliphatic carbocycles. The van der Waals surface area contributed by atoms with Gasteiger partial charge in [0.15, 0.2) is 5.11 Å². The molecule has 1 aromatic carbocycles. The second-order valence-corrected chi connectivity index (χ2v) is 4.68. The fraction of sp³-hybridized carbons (Fsp3) is 0.200. The Hall–Kier alpha value is -2.14. The summed E-state index contributed by atoms with van der Waals surface area (Å²) in [5.41, 5.74) is 5.02. The molecule has 0 fully saturated rings. The van der Waals surface area contributed by atoms with E-state index < -0.39 is 0 Å². The summed E-state index contributed by atoms with van der Waals surface area (Å²) < 4.78 is 2.15. The fourth-order valence-corrected chi connectivity index (χ4v) is 2.23. The summed E-state index contributed by atoms with van der Waals surface area (Å²) in [6.45, 7) is 7.33. The SMILES string of the molecule is C=CCn1cc(C=NNC(=S)NCC)c2ccccc21. The van der Waals surface area contributed by atoms with Crippen LogP contribution in [0.1, 0.15) is 12.5 Å². The van der Waals surface area contributed by atoms with Gasteiger partial charge in [0.2, 0.25) is 0 Å². The zero-order valence-electron chi connectivity index (χ0n) is 11.5. The van der Waals surface area contributed by atoms with Crippen LogP contribution in [0.25, 0.3) is 10.9 Å². The van der Waals surface area contributed by atoms with E-state index in [-0.39, 0.29) is 0 Å². The minimum atomic E-state index is 0.526. The van der Waals surface area contributed by atoms with Gasteiger partial charge in [0.25, 0.3) is 0 Å². The minimum Gasteiger partial charge on any atom is -0.362 e. The Morgan fingerprint density at radius 2 is 2.25 bits per heavy atom. The number of aromatic nitrogens is 1. The first kappa shape index (κ1) is 14.3. The number of hydrogen-bond acceptors (Lipinski definition) is 2. The minimum absolute atomic E-state index is 0.526. The number of para-hydroxylation sites is 1. The van der Waals surface area contributed by atoms with Crippen molar-refractivity contribution in [3.05, 3.63) is 48.7 Å². The van der Waals surface area contributed by atoms with Crippen LogP contribution in [0, 0.1) is 0 Å². The van der Waals surface area contributed by atoms with Crippen molar-refractivity contribution in [3.63, 3.8) is 0 Å². The van der Waals surface area contributed by atoms with E-state index in [1.54, 1.807) is 6.21 Å². The number of hydrazone groups is 1. The van der Waals surface area contributed by atoms with Crippen molar-refractivity contribution in [2.24, 2.45) is 5.10 Å². The Morgan fingerprint density at radius 3 is 3.00 bits per heavy atom. The van der Waals surface area contributed by atoms with Gasteiger partial charge in [0.05, 0.1) is 6.21 Å². The Kier molecular flexibility index (Phi) is 4.90. The van der Waals surface area contributed by atoms with E-state index in [0.29, 0.717) is 5.11 Å². The molecule has 4 nitrogen and oxygen atoms in total. The molecular weight excluding hydrogens is 268 g/mol. The maximum atomic E-state index is 5.06. The summed E-state index contributed by atoms with van der Waals surface area (Å²) in [6, 6.07) is 8.22. The number of nitrogens with zero attached hydrogens (tertiary/aromatic N) is 2. The third-order valence-electron chi connectivity index (χ3n) is 2.85. The molecule has 2 aromatic rings. The van der Waals surface area contributed by atoms with Crippen molar-refractivity contribution in [3.8, 4) is 0 Å². The maximum Gasteiger partial charge on any atom is 0.186 e. The largest absolute Gasteiger partial charge is 0.362 e. The maximum absolute atomic E-state index is 5.06. The molecule has 0 atom stereocenters. The van der Waals surface area contributed by atoms with E-state index in [4.69, 9.17) is 12.2 Å². The van der Waals surface area contributed by atoms with Crippen LogP contribution in [0.2, 0.25) is 0 Å². The lowest BCUT2D eigenvalue weighted by Gasteiger charge is -2.02. The molecule has 0 saturated heterocycles. The summed E-state index contributed by atoms with van der Waals surface area (Å²) in [4.78, 5) is 0. The predicted octanol–water partition coefficient (Wildman–Crippen LogP) is 2.65. The van der Waals surface area contributed by atoms with Gasteiger partial charge in [-0.1, -0.05) is 24.3 Å². The molecule has 2 rings (SSSR count). The lowest BCUT2D eigenvalue weighted by atomic mass is 10.2. The van der Waals surface area contributed by atoms with Crippen molar-refractivity contribution in [2.45, 2.75) is 13.5 Å². The van der Waals surface area contributed by atoms with E-state index in [1.807, 2.05) is 25.1 Å². The molecule has 0 aliphatic rings. The van der Waals surface area contributed by atoms with Crippen molar-refractivity contribution in [1.29, 1.82) is 0 Å². The normalized spacial score (nSPS) is 10.8. The molecule has 1 aromatic heterocycles. The van der Waals surface area contributed by atoms with Crippen LogP contribution < -0.4 is 10.7 Å². The van der Waals surface area contributed by atoms with Gasteiger partial charge in [-0.05, 0) is 25.2 Å². The Balaban J connectivity index is 2.23. The number of thiocarbonyl (C=S) groups is 1. The summed E-state index contributed by atoms with van der Waals surface area (Å²) >= 11 is 5.06. The average molecular weight is 286 g/mol. The third kappa shape index (κ3) is 3.24. The highest BCUT2D eigenvalue weighted by Gasteiger charge is 2.05. The van der Waals surface area contributed by atoms with Gasteiger partial charge in [-0.3, -0.25) is 5.43 Å². The highest BCUT2D eigenvalue weighted by atomic mass is 32.1. The first-order valence-electron chi connectivity index (χ1n) is 6.52. The van der Waals surface area contributed by atoms with Crippen LogP contribution in [-0.4, -0.2) is 22.4 Å². The summed E-state index contributed by atoms with van der Waals surface area (Å²) in [5, 5.41) is 8.84. The Labute approximate surface area is 124 Å². The van der Waals surface area contributed by atoms with Crippen molar-refractivity contribution in [1.82, 2.24) is 15.3 Å². The van der Waals surface area contributed by atoms with E-state index in [0.717, 1.165) is 24.0 Å². The molecule has 0 spiro atoms. The molecule has 20 heavy (non-hydrogen) atoms. The van der Waals surface area contributed by atoms with Crippen LogP contribution in [0.15, 0.2) is 48.2 Å². The topological polar surface area (TPSA) is 41.4 Å². The van der Waals surface area contributed by atoms with Gasteiger partial charge >= 0.3 is 0 Å². The van der Waals surface area contributed by atoms with Crippen LogP contribution in [-0.2, 0) is 6.54 Å². The van der Waals surface area contributed by atoms with Gasteiger partial charge in [-0.25, -0.2) is 0 Å². The van der Waals surface area contributed by atoms with Gasteiger partial charge in [0.1, 0.15) is 0 Å². The van der Waals surface area contributed by atoms with Gasteiger partial charge in [-0.15, -0.1) is 6.58 Å². The lowest BCUT2D eigenvalue weighted by molar-refractivity contribution is 0.864. The van der Waals surface area contributed by atoms with E-state index in [2.05, 4.69) is 45.3 Å². The molecule has 2 N–H and O–H groups in total. The highest BCUT2D eigenvalue weighted by molar-refractivity contribution is 7.80. The second-order valence-electron chi connectivity index (χ2n) is 4.27. The van der Waals surface area contributed by atoms with Crippen molar-refractivity contribution < 1.29 is 0 Å². The third-order valence-corrected chi connectivity index (χ3v) is 3.09. The lowest BCUT2D eigenvalue weighted by Crippen LogP contribution is -2.31. The predicted molar refractivity (Wildman–Crippen MR) is 89.1 cm³/mol. The Morgan fingerprint density at radius 1 is 1.45 bits per heavy atom. The van der Waals surface area contributed by atoms with E-state index in [1.165, 1.54) is 5.52 Å². The van der Waals surface area contributed by atoms with Crippen molar-refractivity contribution >= 4 is 34.4 Å². The van der Waals surface area contributed by atoms with Crippen LogP contribution in [0.3, 0.4) is 0 Å². The summed E-state index contributed by atoms with van der Waals surface area (Å²) in [5.74, 6) is 0. The smallest absolute Gasteiger partial charge is 0.186 e. The van der Waals surface area contributed by atoms with Gasteiger partial charge in [0, 0.05) is 35.8 Å². The van der Waals surface area contributed by atoms with Gasteiger partial charge < -0.3 is 9.88 Å². The standard InChI is InChI=1S/C15H18N4S/c1-3-9-19-11-12(10-17-18-15(20)16-4-2)13-7-5-6-8-14(13)19/h3,5-8,10-11H,1,4,9H2,2H3,(H2,16,18,20). The van der Waals surface area contributed by atoms with Crippen LogP contribution in [0.5, 0.6) is 0 Å². The number of nitrogens with one attached hydrogen (secondary N) is 2. The molecule has 0 saturated carbocycles. The van der Waals surface area contributed by atoms with Gasteiger partial charge in [-0.2, -0.15) is 5.10 Å². The van der Waals surface area contributed by atoms with Crippen molar-refractivity contribution in [2.75, 3.05) is 6.54 Å². The van der Waals surface area contributed by atoms with E-state index in [9.17, 15) is 0 Å². The molecule has 0 amide bonds. The highest BCUT2D eigenvalue weighted by Crippen LogP contribution is 2.19. The van der Waals surface area contributed by atoms with Crippen LogP contribution >= 0.6 is 12.2 Å². The summed E-state index contributed by atoms with van der Waals surface area (Å²) in [7, 11) is 0. The number of hydrogen-bond donors (Lipinski definition) is 2. The fourth-order valence-electron chi connectivity index (χ4n) is 2.03. The summed E-state index contributed by atoms with van der Waals surface area (Å²) in [6.07, 6.45) is 5.73. The molecule has 104 valence electrons. The molecule has 0 bridgehead atoms. The monoisotopic (exact) mass is 286 g/mol. The molecule has 0 unspecified atom stereocenters. The second kappa shape index (κ2) is 6.86. The zero-order valence-corrected chi connectivity index (χ0v) is 12.3. The average Bonchev–Trinajstić information content (AvgIpc) is 2.79. The first-order valence-corrected chi connectivity index (χ1v) is 6.92. The Bertz CT molecular complexity index is 642. The number of allylic oxidation sites excluding steroid dienone is 1. The molecule has 0 aliphatic heterocycles. The molecular formula is C15H18N4S. The quantitative estimate of drug-likeness (QED) is 0.384. The number of rotatable bonds is 5. The molecule has 0 radical (unpaired) electrons. The van der Waals surface area contributed by atoms with E-state index >= 15 is 0 Å². The number of fused-ring (bicyclic) bond motifs is 1. The molecule has 1 heterocycles. The van der Waals surface area contributed by atoms with Crippen LogP contribution in [0.4, 0.5) is 0 Å². The zero-order chi connectivity index (χ0) is 14.4.